The van der Waals surface area contributed by atoms with Crippen molar-refractivity contribution in [3.8, 4) is 5.75 Å². The number of likely N-dealkylation sites (N-methyl/N-ethyl adjacent to an activating group) is 1. The van der Waals surface area contributed by atoms with Gasteiger partial charge in [-0.2, -0.15) is 0 Å². The van der Waals surface area contributed by atoms with E-state index in [1.54, 1.807) is 43.3 Å². The zero-order valence-electron chi connectivity index (χ0n) is 15.5. The van der Waals surface area contributed by atoms with Crippen molar-refractivity contribution in [3.05, 3.63) is 35.5 Å². The Morgan fingerprint density at radius 2 is 1.85 bits per heavy atom. The summed E-state index contributed by atoms with van der Waals surface area (Å²) >= 11 is 0. The first-order valence-electron chi connectivity index (χ1n) is 8.69. The number of rotatable bonds is 10. The number of methoxy groups -OCH3 is 1. The molecule has 1 aromatic rings. The van der Waals surface area contributed by atoms with Crippen LogP contribution in [0.2, 0.25) is 0 Å². The molecule has 1 N–H and O–H groups in total. The van der Waals surface area contributed by atoms with Crippen LogP contribution < -0.4 is 4.74 Å². The Morgan fingerprint density at radius 1 is 1.15 bits per heavy atom. The van der Waals surface area contributed by atoms with E-state index in [9.17, 15) is 14.7 Å². The fraction of sp³-hybridized carbons (Fsp3) is 0.474. The van der Waals surface area contributed by atoms with Crippen molar-refractivity contribution >= 4 is 17.4 Å². The number of benzene rings is 1. The molecule has 142 valence electrons. The molecule has 0 radical (unpaired) electrons. The van der Waals surface area contributed by atoms with Crippen molar-refractivity contribution in [1.29, 1.82) is 0 Å². The maximum Gasteiger partial charge on any atom is 0.277 e. The van der Waals surface area contributed by atoms with Crippen LogP contribution in [0.1, 0.15) is 18.9 Å². The molecule has 2 rings (SSSR count). The van der Waals surface area contributed by atoms with Crippen LogP contribution in [0.4, 0.5) is 0 Å². The van der Waals surface area contributed by atoms with Gasteiger partial charge in [-0.05, 0) is 31.0 Å². The third-order valence-corrected chi connectivity index (χ3v) is 4.14. The largest absolute Gasteiger partial charge is 0.494 e. The Morgan fingerprint density at radius 3 is 2.42 bits per heavy atom. The molecule has 7 nitrogen and oxygen atoms in total. The first-order chi connectivity index (χ1) is 12.5. The van der Waals surface area contributed by atoms with E-state index in [-0.39, 0.29) is 25.0 Å². The van der Waals surface area contributed by atoms with Gasteiger partial charge in [0.15, 0.2) is 0 Å². The van der Waals surface area contributed by atoms with Gasteiger partial charge in [-0.15, -0.1) is 0 Å². The fourth-order valence-electron chi connectivity index (χ4n) is 2.89. The lowest BCUT2D eigenvalue weighted by atomic mass is 10.0. The predicted molar refractivity (Wildman–Crippen MR) is 97.5 cm³/mol. The Hall–Kier alpha value is -2.38. The zero-order valence-corrected chi connectivity index (χ0v) is 15.5. The van der Waals surface area contributed by atoms with Gasteiger partial charge in [-0.25, -0.2) is 0 Å². The van der Waals surface area contributed by atoms with E-state index in [0.717, 1.165) is 0 Å². The first kappa shape index (κ1) is 19.9. The van der Waals surface area contributed by atoms with E-state index in [1.807, 2.05) is 6.92 Å². The zero-order chi connectivity index (χ0) is 19.1. The molecule has 26 heavy (non-hydrogen) atoms. The molecule has 7 heteroatoms. The summed E-state index contributed by atoms with van der Waals surface area (Å²) in [5, 5.41) is 9.23. The molecule has 0 atom stereocenters. The van der Waals surface area contributed by atoms with Gasteiger partial charge in [0, 0.05) is 33.9 Å². The number of imide groups is 1. The van der Waals surface area contributed by atoms with Crippen LogP contribution in [0.3, 0.4) is 0 Å². The second kappa shape index (κ2) is 9.35. The van der Waals surface area contributed by atoms with E-state index in [1.165, 1.54) is 4.90 Å². The first-order valence-corrected chi connectivity index (χ1v) is 8.69. The normalized spacial score (nSPS) is 14.4. The summed E-state index contributed by atoms with van der Waals surface area (Å²) in [6, 6.07) is 7.11. The van der Waals surface area contributed by atoms with Gasteiger partial charge in [-0.3, -0.25) is 14.5 Å². The molecule has 0 fully saturated rings. The third-order valence-electron chi connectivity index (χ3n) is 4.14. The number of nitrogens with zero attached hydrogens (tertiary/aromatic N) is 2. The minimum atomic E-state index is -0.342. The van der Waals surface area contributed by atoms with Crippen LogP contribution in [-0.2, 0) is 14.3 Å². The molecule has 1 aliphatic rings. The van der Waals surface area contributed by atoms with E-state index < -0.39 is 0 Å². The number of carbonyl (C=O) groups is 2. The summed E-state index contributed by atoms with van der Waals surface area (Å²) in [6.45, 7) is 3.37. The lowest BCUT2D eigenvalue weighted by Crippen LogP contribution is -2.35. The van der Waals surface area contributed by atoms with Crippen molar-refractivity contribution in [2.75, 3.05) is 47.1 Å². The Balaban J connectivity index is 2.37. The third kappa shape index (κ3) is 4.23. The number of amides is 2. The van der Waals surface area contributed by atoms with E-state index in [0.29, 0.717) is 48.8 Å². The van der Waals surface area contributed by atoms with Gasteiger partial charge in [-0.1, -0.05) is 12.1 Å². The van der Waals surface area contributed by atoms with E-state index in [4.69, 9.17) is 9.47 Å². The van der Waals surface area contributed by atoms with Gasteiger partial charge >= 0.3 is 0 Å². The smallest absolute Gasteiger partial charge is 0.277 e. The highest BCUT2D eigenvalue weighted by Crippen LogP contribution is 2.32. The van der Waals surface area contributed by atoms with E-state index in [2.05, 4.69) is 0 Å². The Kier molecular flexibility index (Phi) is 7.17. The molecular weight excluding hydrogens is 336 g/mol. The molecule has 0 aliphatic carbocycles. The summed E-state index contributed by atoms with van der Waals surface area (Å²) in [5.74, 6) is 0.0387. The predicted octanol–water partition coefficient (Wildman–Crippen LogP) is 1.13. The molecule has 1 aromatic carbocycles. The van der Waals surface area contributed by atoms with Crippen molar-refractivity contribution < 1.29 is 24.2 Å². The SMILES string of the molecule is CCOc1ccc(C2=C(N(C)CCO)C(=O)N(CCCOC)C2=O)cc1. The standard InChI is InChI=1S/C19H26N2O5/c1-4-26-15-8-6-14(7-9-15)16-17(20(2)11-12-22)19(24)21(18(16)23)10-5-13-25-3/h6-9,22H,4-5,10-13H2,1-3H3. The van der Waals surface area contributed by atoms with Gasteiger partial charge < -0.3 is 19.5 Å². The van der Waals surface area contributed by atoms with E-state index >= 15 is 0 Å². The quantitative estimate of drug-likeness (QED) is 0.496. The molecule has 0 saturated heterocycles. The highest BCUT2D eigenvalue weighted by molar-refractivity contribution is 6.35. The van der Waals surface area contributed by atoms with Gasteiger partial charge in [0.05, 0.1) is 18.8 Å². The molecule has 1 heterocycles. The summed E-state index contributed by atoms with van der Waals surface area (Å²) in [7, 11) is 3.28. The minimum Gasteiger partial charge on any atom is -0.494 e. The Labute approximate surface area is 153 Å². The minimum absolute atomic E-state index is 0.109. The number of aliphatic hydroxyl groups excluding tert-OH is 1. The van der Waals surface area contributed by atoms with Gasteiger partial charge in [0.1, 0.15) is 11.4 Å². The highest BCUT2D eigenvalue weighted by Gasteiger charge is 2.40. The second-order valence-corrected chi connectivity index (χ2v) is 5.93. The van der Waals surface area contributed by atoms with Gasteiger partial charge in [0.2, 0.25) is 0 Å². The summed E-state index contributed by atoms with van der Waals surface area (Å²) in [6.07, 6.45) is 0.571. The maximum atomic E-state index is 12.9. The van der Waals surface area contributed by atoms with Crippen molar-refractivity contribution in [2.45, 2.75) is 13.3 Å². The van der Waals surface area contributed by atoms with Crippen LogP contribution in [-0.4, -0.2) is 73.8 Å². The molecule has 0 saturated carbocycles. The topological polar surface area (TPSA) is 79.3 Å². The number of carbonyl (C=O) groups excluding carboxylic acids is 2. The summed E-state index contributed by atoms with van der Waals surface area (Å²) in [4.78, 5) is 28.6. The van der Waals surface area contributed by atoms with Crippen LogP contribution in [0.25, 0.3) is 5.57 Å². The molecular formula is C19H26N2O5. The summed E-state index contributed by atoms with van der Waals surface area (Å²) in [5.41, 5.74) is 1.32. The van der Waals surface area contributed by atoms with Crippen molar-refractivity contribution in [3.63, 3.8) is 0 Å². The van der Waals surface area contributed by atoms with Crippen LogP contribution >= 0.6 is 0 Å². The highest BCUT2D eigenvalue weighted by atomic mass is 16.5. The summed E-state index contributed by atoms with van der Waals surface area (Å²) < 4.78 is 10.4. The molecule has 0 spiro atoms. The lowest BCUT2D eigenvalue weighted by Gasteiger charge is -2.20. The Bertz CT molecular complexity index is 669. The van der Waals surface area contributed by atoms with Crippen LogP contribution in [0.15, 0.2) is 30.0 Å². The number of ether oxygens (including phenoxy) is 2. The molecule has 0 bridgehead atoms. The van der Waals surface area contributed by atoms with Crippen molar-refractivity contribution in [1.82, 2.24) is 9.80 Å². The average molecular weight is 362 g/mol. The van der Waals surface area contributed by atoms with Crippen molar-refractivity contribution in [2.24, 2.45) is 0 Å². The maximum absolute atomic E-state index is 12.9. The molecule has 0 aromatic heterocycles. The average Bonchev–Trinajstić information content (AvgIpc) is 2.87. The van der Waals surface area contributed by atoms with Gasteiger partial charge in [0.25, 0.3) is 11.8 Å². The van der Waals surface area contributed by atoms with Crippen LogP contribution in [0.5, 0.6) is 5.75 Å². The lowest BCUT2D eigenvalue weighted by molar-refractivity contribution is -0.137. The molecule has 0 unspecified atom stereocenters. The number of hydrogen-bond donors (Lipinski definition) is 1. The number of hydrogen-bond acceptors (Lipinski definition) is 6. The van der Waals surface area contributed by atoms with Crippen LogP contribution in [0, 0.1) is 0 Å². The fourth-order valence-corrected chi connectivity index (χ4v) is 2.89. The molecule has 1 aliphatic heterocycles. The molecule has 2 amide bonds. The number of aliphatic hydroxyl groups is 1. The monoisotopic (exact) mass is 362 g/mol. The second-order valence-electron chi connectivity index (χ2n) is 5.93.